The highest BCUT2D eigenvalue weighted by molar-refractivity contribution is 5.81. The maximum absolute atomic E-state index is 14.9. The number of carbonyl (C=O) groups is 1. The maximum atomic E-state index is 14.9. The molecule has 0 radical (unpaired) electrons. The highest BCUT2D eigenvalue weighted by atomic mass is 19.1. The number of benzene rings is 1. The van der Waals surface area contributed by atoms with Gasteiger partial charge < -0.3 is 10.0 Å². The number of aliphatic hydroxyl groups excluding tert-OH is 1. The van der Waals surface area contributed by atoms with Gasteiger partial charge in [0.25, 0.3) is 0 Å². The van der Waals surface area contributed by atoms with E-state index in [0.717, 1.165) is 17.6 Å². The average molecular weight is 394 g/mol. The molecule has 4 rings (SSSR count). The Morgan fingerprint density at radius 3 is 2.86 bits per heavy atom. The molecule has 4 nitrogen and oxygen atoms in total. The zero-order valence-electron chi connectivity index (χ0n) is 16.7. The summed E-state index contributed by atoms with van der Waals surface area (Å²) in [6.07, 6.45) is 11.8. The van der Waals surface area contributed by atoms with E-state index in [1.165, 1.54) is 11.6 Å². The molecule has 152 valence electrons. The van der Waals surface area contributed by atoms with E-state index >= 15 is 0 Å². The summed E-state index contributed by atoms with van der Waals surface area (Å²) >= 11 is 0. The lowest BCUT2D eigenvalue weighted by Crippen LogP contribution is -2.39. The van der Waals surface area contributed by atoms with Crippen molar-refractivity contribution in [2.45, 2.75) is 38.7 Å². The molecule has 2 aliphatic heterocycles. The van der Waals surface area contributed by atoms with Crippen LogP contribution in [0, 0.1) is 17.7 Å². The van der Waals surface area contributed by atoms with Crippen LogP contribution in [0.2, 0.25) is 0 Å². The Morgan fingerprint density at radius 1 is 1.34 bits per heavy atom. The van der Waals surface area contributed by atoms with Gasteiger partial charge in [-0.2, -0.15) is 0 Å². The fourth-order valence-electron chi connectivity index (χ4n) is 4.43. The van der Waals surface area contributed by atoms with Crippen molar-refractivity contribution >= 4 is 17.7 Å². The molecule has 1 aliphatic carbocycles. The monoisotopic (exact) mass is 394 g/mol. The molecular weight excluding hydrogens is 367 g/mol. The normalized spacial score (nSPS) is 22.7. The van der Waals surface area contributed by atoms with Gasteiger partial charge in [-0.15, -0.1) is 0 Å². The summed E-state index contributed by atoms with van der Waals surface area (Å²) in [5, 5.41) is 10.8. The Balaban J connectivity index is 1.46. The van der Waals surface area contributed by atoms with E-state index in [1.807, 2.05) is 30.2 Å². The van der Waals surface area contributed by atoms with E-state index in [0.29, 0.717) is 43.8 Å². The lowest BCUT2D eigenvalue weighted by Gasteiger charge is -2.34. The molecule has 1 amide bonds. The smallest absolute Gasteiger partial charge is 0.222 e. The van der Waals surface area contributed by atoms with Gasteiger partial charge in [0.15, 0.2) is 0 Å². The van der Waals surface area contributed by atoms with Crippen LogP contribution in [0.1, 0.15) is 49.8 Å². The van der Waals surface area contributed by atoms with E-state index < -0.39 is 6.10 Å². The van der Waals surface area contributed by atoms with Crippen molar-refractivity contribution in [1.29, 1.82) is 0 Å². The number of likely N-dealkylation sites (tertiary alicyclic amines) is 1. The summed E-state index contributed by atoms with van der Waals surface area (Å²) in [5.41, 5.74) is 3.36. The zero-order valence-corrected chi connectivity index (χ0v) is 16.7. The van der Waals surface area contributed by atoms with Gasteiger partial charge in [-0.25, -0.2) is 4.39 Å². The second-order valence-electron chi connectivity index (χ2n) is 8.01. The van der Waals surface area contributed by atoms with Crippen molar-refractivity contribution in [2.24, 2.45) is 16.8 Å². The van der Waals surface area contributed by atoms with Gasteiger partial charge in [0, 0.05) is 43.4 Å². The Hall–Kier alpha value is -2.53. The summed E-state index contributed by atoms with van der Waals surface area (Å²) in [6.45, 7) is 3.12. The third-order valence-electron chi connectivity index (χ3n) is 6.25. The number of aliphatic hydroxyl groups is 1. The van der Waals surface area contributed by atoms with Crippen molar-refractivity contribution in [1.82, 2.24) is 4.90 Å². The first kappa shape index (κ1) is 19.8. The number of hydrogen-bond donors (Lipinski definition) is 1. The van der Waals surface area contributed by atoms with E-state index in [9.17, 15) is 14.3 Å². The van der Waals surface area contributed by atoms with Gasteiger partial charge in [-0.3, -0.25) is 9.79 Å². The summed E-state index contributed by atoms with van der Waals surface area (Å²) in [4.78, 5) is 17.8. The second-order valence-corrected chi connectivity index (χ2v) is 8.01. The molecule has 0 aromatic heterocycles. The maximum Gasteiger partial charge on any atom is 0.222 e. The first-order valence-corrected chi connectivity index (χ1v) is 10.4. The number of aliphatic imine (C=N–C) groups is 1. The molecule has 2 heterocycles. The molecule has 1 aromatic carbocycles. The summed E-state index contributed by atoms with van der Waals surface area (Å²) in [7, 11) is 0. The van der Waals surface area contributed by atoms with Crippen molar-refractivity contribution in [3.8, 4) is 0 Å². The molecule has 1 saturated heterocycles. The minimum atomic E-state index is -0.844. The predicted octanol–water partition coefficient (Wildman–Crippen LogP) is 4.44. The zero-order chi connectivity index (χ0) is 20.4. The number of rotatable bonds is 4. The van der Waals surface area contributed by atoms with Gasteiger partial charge in [-0.05, 0) is 54.0 Å². The number of hydrogen-bond acceptors (Lipinski definition) is 3. The van der Waals surface area contributed by atoms with Crippen LogP contribution in [-0.4, -0.2) is 35.2 Å². The molecule has 1 aromatic rings. The van der Waals surface area contributed by atoms with Crippen molar-refractivity contribution in [3.05, 3.63) is 65.1 Å². The van der Waals surface area contributed by atoms with E-state index in [4.69, 9.17) is 0 Å². The number of fused-ring (bicyclic) bond motifs is 1. The Morgan fingerprint density at radius 2 is 2.14 bits per heavy atom. The number of amides is 1. The lowest BCUT2D eigenvalue weighted by atomic mass is 9.84. The van der Waals surface area contributed by atoms with Crippen LogP contribution in [0.15, 0.2) is 53.2 Å². The number of allylic oxidation sites excluding steroid dienone is 5. The van der Waals surface area contributed by atoms with Crippen molar-refractivity contribution in [3.63, 3.8) is 0 Å². The second kappa shape index (κ2) is 8.46. The van der Waals surface area contributed by atoms with Crippen LogP contribution in [0.4, 0.5) is 4.39 Å². The van der Waals surface area contributed by atoms with Gasteiger partial charge in [-0.1, -0.05) is 31.2 Å². The van der Waals surface area contributed by atoms with Gasteiger partial charge >= 0.3 is 0 Å². The molecule has 1 N–H and O–H groups in total. The molecular formula is C24H27FN2O2. The quantitative estimate of drug-likeness (QED) is 0.821. The fraction of sp³-hybridized carbons (Fsp3) is 0.417. The molecule has 0 bridgehead atoms. The minimum Gasteiger partial charge on any atom is -0.388 e. The third-order valence-corrected chi connectivity index (χ3v) is 6.25. The fourth-order valence-corrected chi connectivity index (χ4v) is 4.43. The molecule has 29 heavy (non-hydrogen) atoms. The SMILES string of the molecule is CCC(=O)N1CCC(C(O)c2ccc(C3=CCC4C=NC=CC4=C3)cc2F)CC1. The number of nitrogens with zero attached hydrogens (tertiary/aromatic N) is 2. The lowest BCUT2D eigenvalue weighted by molar-refractivity contribution is -0.132. The van der Waals surface area contributed by atoms with Crippen LogP contribution in [0.3, 0.4) is 0 Å². The molecule has 0 saturated carbocycles. The largest absolute Gasteiger partial charge is 0.388 e. The number of carbonyl (C=O) groups excluding carboxylic acids is 1. The van der Waals surface area contributed by atoms with Crippen LogP contribution in [-0.2, 0) is 4.79 Å². The van der Waals surface area contributed by atoms with Gasteiger partial charge in [0.05, 0.1) is 6.10 Å². The average Bonchev–Trinajstić information content (AvgIpc) is 2.77. The standard InChI is InChI=1S/C24H27FN2O2/c1-2-23(28)27-11-8-16(9-12-27)24(29)21-6-5-18(14-22(21)25)17-3-4-20-15-26-10-7-19(20)13-17/h3,5-7,10,13-16,20,24,29H,2,4,8-9,11-12H2,1H3. The van der Waals surface area contributed by atoms with Crippen molar-refractivity contribution in [2.75, 3.05) is 13.1 Å². The van der Waals surface area contributed by atoms with Crippen LogP contribution >= 0.6 is 0 Å². The van der Waals surface area contributed by atoms with Gasteiger partial charge in [0.2, 0.25) is 5.91 Å². The molecule has 3 aliphatic rings. The van der Waals surface area contributed by atoms with Crippen LogP contribution in [0.25, 0.3) is 5.57 Å². The Labute approximate surface area is 171 Å². The highest BCUT2D eigenvalue weighted by Crippen LogP contribution is 2.35. The molecule has 2 atom stereocenters. The Bertz CT molecular complexity index is 907. The van der Waals surface area contributed by atoms with E-state index in [-0.39, 0.29) is 17.6 Å². The summed E-state index contributed by atoms with van der Waals surface area (Å²) in [6, 6.07) is 5.13. The molecule has 5 heteroatoms. The van der Waals surface area contributed by atoms with E-state index in [2.05, 4.69) is 17.1 Å². The van der Waals surface area contributed by atoms with Crippen molar-refractivity contribution < 1.29 is 14.3 Å². The number of piperidine rings is 1. The molecule has 1 fully saturated rings. The summed E-state index contributed by atoms with van der Waals surface area (Å²) in [5.74, 6) is 0.0498. The van der Waals surface area contributed by atoms with Crippen LogP contribution in [0.5, 0.6) is 0 Å². The predicted molar refractivity (Wildman–Crippen MR) is 113 cm³/mol. The van der Waals surface area contributed by atoms with Gasteiger partial charge in [0.1, 0.15) is 5.82 Å². The first-order chi connectivity index (χ1) is 14.1. The summed E-state index contributed by atoms with van der Waals surface area (Å²) < 4.78 is 14.9. The molecule has 2 unspecified atom stereocenters. The van der Waals surface area contributed by atoms with E-state index in [1.54, 1.807) is 12.3 Å². The number of halogens is 1. The van der Waals surface area contributed by atoms with Crippen LogP contribution < -0.4 is 0 Å². The topological polar surface area (TPSA) is 52.9 Å². The highest BCUT2D eigenvalue weighted by Gasteiger charge is 2.29. The minimum absolute atomic E-state index is 0.0281. The molecule has 0 spiro atoms. The first-order valence-electron chi connectivity index (χ1n) is 10.4. The Kier molecular flexibility index (Phi) is 5.76. The third kappa shape index (κ3) is 4.10.